The monoisotopic (exact) mass is 278 g/mol. The van der Waals surface area contributed by atoms with Crippen molar-refractivity contribution < 1.29 is 14.3 Å². The van der Waals surface area contributed by atoms with Crippen LogP contribution in [0.2, 0.25) is 0 Å². The Balaban J connectivity index is 1.80. The second-order valence-corrected chi connectivity index (χ2v) is 5.12. The van der Waals surface area contributed by atoms with Crippen molar-refractivity contribution in [3.63, 3.8) is 0 Å². The quantitative estimate of drug-likeness (QED) is 0.599. The summed E-state index contributed by atoms with van der Waals surface area (Å²) < 4.78 is 10.9. The maximum atomic E-state index is 12.1. The minimum absolute atomic E-state index is 0.0758. The fourth-order valence-electron chi connectivity index (χ4n) is 2.04. The van der Waals surface area contributed by atoms with Gasteiger partial charge in [-0.05, 0) is 51.8 Å². The molecule has 0 bridgehead atoms. The van der Waals surface area contributed by atoms with Gasteiger partial charge in [-0.25, -0.2) is 0 Å². The lowest BCUT2D eigenvalue weighted by molar-refractivity contribution is 0.0989. The molecule has 0 spiro atoms. The zero-order valence-electron chi connectivity index (χ0n) is 12.1. The zero-order chi connectivity index (χ0) is 14.4. The molecule has 1 aliphatic rings. The van der Waals surface area contributed by atoms with E-state index in [2.05, 4.69) is 10.2 Å². The number of benzene rings is 1. The molecule has 0 fully saturated rings. The van der Waals surface area contributed by atoms with Crippen LogP contribution < -0.4 is 14.8 Å². The zero-order valence-corrected chi connectivity index (χ0v) is 12.1. The van der Waals surface area contributed by atoms with Crippen LogP contribution in [0.15, 0.2) is 18.2 Å². The van der Waals surface area contributed by atoms with Crippen LogP contribution in [0.3, 0.4) is 0 Å². The Morgan fingerprint density at radius 1 is 1.25 bits per heavy atom. The molecular weight excluding hydrogens is 256 g/mol. The van der Waals surface area contributed by atoms with E-state index >= 15 is 0 Å². The molecule has 0 saturated heterocycles. The second-order valence-electron chi connectivity index (χ2n) is 5.12. The molecule has 110 valence electrons. The Hall–Kier alpha value is -1.59. The first-order valence-electron chi connectivity index (χ1n) is 6.95. The third-order valence-corrected chi connectivity index (χ3v) is 3.11. The number of nitrogens with zero attached hydrogens (tertiary/aromatic N) is 1. The molecule has 20 heavy (non-hydrogen) atoms. The van der Waals surface area contributed by atoms with Crippen LogP contribution in [0.25, 0.3) is 0 Å². The van der Waals surface area contributed by atoms with E-state index in [1.807, 2.05) is 14.1 Å². The highest BCUT2D eigenvalue weighted by molar-refractivity contribution is 5.98. The molecule has 0 atom stereocenters. The molecule has 1 aromatic rings. The lowest BCUT2D eigenvalue weighted by Gasteiger charge is -2.18. The highest BCUT2D eigenvalue weighted by atomic mass is 16.6. The van der Waals surface area contributed by atoms with Crippen molar-refractivity contribution in [2.75, 3.05) is 46.9 Å². The number of hydrogen-bond donors (Lipinski definition) is 1. The van der Waals surface area contributed by atoms with Crippen molar-refractivity contribution in [2.24, 2.45) is 0 Å². The molecule has 5 heteroatoms. The van der Waals surface area contributed by atoms with Crippen LogP contribution in [0.4, 0.5) is 0 Å². The van der Waals surface area contributed by atoms with E-state index in [-0.39, 0.29) is 5.78 Å². The van der Waals surface area contributed by atoms with E-state index in [9.17, 15) is 4.79 Å². The van der Waals surface area contributed by atoms with Gasteiger partial charge in [0, 0.05) is 5.56 Å². The molecular formula is C15H22N2O3. The van der Waals surface area contributed by atoms with Gasteiger partial charge >= 0.3 is 0 Å². The topological polar surface area (TPSA) is 50.8 Å². The van der Waals surface area contributed by atoms with Gasteiger partial charge in [-0.3, -0.25) is 4.79 Å². The number of fused-ring (bicyclic) bond motifs is 1. The normalized spacial score (nSPS) is 13.6. The summed E-state index contributed by atoms with van der Waals surface area (Å²) in [6.45, 7) is 3.31. The molecule has 5 nitrogen and oxygen atoms in total. The van der Waals surface area contributed by atoms with Crippen LogP contribution >= 0.6 is 0 Å². The van der Waals surface area contributed by atoms with Crippen molar-refractivity contribution >= 4 is 5.78 Å². The summed E-state index contributed by atoms with van der Waals surface area (Å²) in [4.78, 5) is 14.2. The third kappa shape index (κ3) is 4.21. The first-order chi connectivity index (χ1) is 9.66. The Morgan fingerprint density at radius 3 is 2.75 bits per heavy atom. The van der Waals surface area contributed by atoms with E-state index in [0.717, 1.165) is 19.5 Å². The van der Waals surface area contributed by atoms with Gasteiger partial charge in [0.25, 0.3) is 0 Å². The van der Waals surface area contributed by atoms with Crippen LogP contribution in [0.1, 0.15) is 16.8 Å². The lowest BCUT2D eigenvalue weighted by Crippen LogP contribution is -2.26. The van der Waals surface area contributed by atoms with E-state index in [4.69, 9.17) is 9.47 Å². The lowest BCUT2D eigenvalue weighted by atomic mass is 10.1. The van der Waals surface area contributed by atoms with Crippen molar-refractivity contribution in [3.05, 3.63) is 23.8 Å². The summed E-state index contributed by atoms with van der Waals surface area (Å²) in [6.07, 6.45) is 1.03. The first-order valence-corrected chi connectivity index (χ1v) is 6.95. The number of ketones is 1. The van der Waals surface area contributed by atoms with Gasteiger partial charge in [-0.1, -0.05) is 0 Å². The Kier molecular flexibility index (Phi) is 5.38. The molecule has 0 unspecified atom stereocenters. The molecule has 1 aromatic carbocycles. The SMILES string of the molecule is CN(C)CCCNCC(=O)c1ccc2c(c1)OCCO2. The van der Waals surface area contributed by atoms with Gasteiger partial charge in [0.15, 0.2) is 17.3 Å². The molecule has 1 N–H and O–H groups in total. The number of hydrogen-bond acceptors (Lipinski definition) is 5. The maximum absolute atomic E-state index is 12.1. The van der Waals surface area contributed by atoms with Gasteiger partial charge in [0.05, 0.1) is 6.54 Å². The van der Waals surface area contributed by atoms with Gasteiger partial charge in [0.1, 0.15) is 13.2 Å². The minimum atomic E-state index is 0.0758. The molecule has 0 saturated carbocycles. The summed E-state index contributed by atoms with van der Waals surface area (Å²) in [5.74, 6) is 1.45. The molecule has 0 radical (unpaired) electrons. The third-order valence-electron chi connectivity index (χ3n) is 3.11. The molecule has 1 aliphatic heterocycles. The fraction of sp³-hybridized carbons (Fsp3) is 0.533. The number of ether oxygens (including phenoxy) is 2. The van der Waals surface area contributed by atoms with Gasteiger partial charge < -0.3 is 19.7 Å². The van der Waals surface area contributed by atoms with Crippen LogP contribution in [0.5, 0.6) is 11.5 Å². The fourth-order valence-corrected chi connectivity index (χ4v) is 2.04. The standard InChI is InChI=1S/C15H22N2O3/c1-17(2)7-3-6-16-11-13(18)12-4-5-14-15(10-12)20-9-8-19-14/h4-5,10,16H,3,6-9,11H2,1-2H3. The van der Waals surface area contributed by atoms with Gasteiger partial charge in [-0.15, -0.1) is 0 Å². The smallest absolute Gasteiger partial charge is 0.176 e. The number of carbonyl (C=O) groups is 1. The maximum Gasteiger partial charge on any atom is 0.176 e. The summed E-state index contributed by atoms with van der Waals surface area (Å²) >= 11 is 0. The molecule has 0 aliphatic carbocycles. The number of rotatable bonds is 7. The average molecular weight is 278 g/mol. The average Bonchev–Trinajstić information content (AvgIpc) is 2.46. The van der Waals surface area contributed by atoms with Crippen molar-refractivity contribution in [2.45, 2.75) is 6.42 Å². The minimum Gasteiger partial charge on any atom is -0.486 e. The van der Waals surface area contributed by atoms with Gasteiger partial charge in [-0.2, -0.15) is 0 Å². The Morgan fingerprint density at radius 2 is 2.00 bits per heavy atom. The molecule has 0 amide bonds. The van der Waals surface area contributed by atoms with E-state index in [0.29, 0.717) is 36.8 Å². The summed E-state index contributed by atoms with van der Waals surface area (Å²) in [7, 11) is 4.08. The summed E-state index contributed by atoms with van der Waals surface area (Å²) in [5.41, 5.74) is 0.661. The van der Waals surface area contributed by atoms with E-state index < -0.39 is 0 Å². The van der Waals surface area contributed by atoms with Gasteiger partial charge in [0.2, 0.25) is 0 Å². The Bertz CT molecular complexity index is 460. The van der Waals surface area contributed by atoms with Crippen LogP contribution in [-0.2, 0) is 0 Å². The van der Waals surface area contributed by atoms with E-state index in [1.54, 1.807) is 18.2 Å². The largest absolute Gasteiger partial charge is 0.486 e. The van der Waals surface area contributed by atoms with Crippen LogP contribution in [0, 0.1) is 0 Å². The predicted octanol–water partition coefficient (Wildman–Crippen LogP) is 1.18. The summed E-state index contributed by atoms with van der Waals surface area (Å²) in [5, 5.41) is 3.17. The first kappa shape index (κ1) is 14.8. The highest BCUT2D eigenvalue weighted by Gasteiger charge is 2.14. The summed E-state index contributed by atoms with van der Waals surface area (Å²) in [6, 6.07) is 5.35. The second kappa shape index (κ2) is 7.26. The Labute approximate surface area is 119 Å². The molecule has 0 aromatic heterocycles. The van der Waals surface area contributed by atoms with Crippen LogP contribution in [-0.4, -0.2) is 57.6 Å². The van der Waals surface area contributed by atoms with Crippen molar-refractivity contribution in [1.29, 1.82) is 0 Å². The van der Waals surface area contributed by atoms with Crippen molar-refractivity contribution in [3.8, 4) is 11.5 Å². The number of nitrogens with one attached hydrogen (secondary N) is 1. The predicted molar refractivity (Wildman–Crippen MR) is 77.8 cm³/mol. The molecule has 1 heterocycles. The van der Waals surface area contributed by atoms with E-state index in [1.165, 1.54) is 0 Å². The molecule has 2 rings (SSSR count). The van der Waals surface area contributed by atoms with Crippen molar-refractivity contribution in [1.82, 2.24) is 10.2 Å². The number of carbonyl (C=O) groups excluding carboxylic acids is 1. The number of Topliss-reactive ketones (excluding diaryl/α,β-unsaturated/α-hetero) is 1. The highest BCUT2D eigenvalue weighted by Crippen LogP contribution is 2.30.